The van der Waals surface area contributed by atoms with Gasteiger partial charge in [-0.05, 0) is 39.0 Å². The van der Waals surface area contributed by atoms with E-state index in [2.05, 4.69) is 10.2 Å². The molecule has 16 heteroatoms. The average Bonchev–Trinajstić information content (AvgIpc) is 3.12. The van der Waals surface area contributed by atoms with Crippen LogP contribution in [-0.4, -0.2) is 58.4 Å². The normalized spacial score (nSPS) is 16.3. The van der Waals surface area contributed by atoms with Gasteiger partial charge < -0.3 is 9.64 Å². The molecule has 2 aromatic rings. The van der Waals surface area contributed by atoms with Crippen LogP contribution in [0.5, 0.6) is 0 Å². The first kappa shape index (κ1) is 28.3. The third kappa shape index (κ3) is 5.69. The Morgan fingerprint density at radius 3 is 2.32 bits per heavy atom. The predicted octanol–water partition coefficient (Wildman–Crippen LogP) is 5.29. The summed E-state index contributed by atoms with van der Waals surface area (Å²) in [5.74, 6) is -4.25. The van der Waals surface area contributed by atoms with Gasteiger partial charge in [-0.15, -0.1) is 10.2 Å². The van der Waals surface area contributed by atoms with Gasteiger partial charge in [0.2, 0.25) is 0 Å². The number of nitrogens with zero attached hydrogens (tertiary/aromatic N) is 5. The molecule has 37 heavy (non-hydrogen) atoms. The van der Waals surface area contributed by atoms with Gasteiger partial charge in [-0.1, -0.05) is 23.2 Å². The molecule has 0 N–H and O–H groups in total. The Morgan fingerprint density at radius 2 is 1.76 bits per heavy atom. The van der Waals surface area contributed by atoms with Crippen molar-refractivity contribution in [3.8, 4) is 0 Å². The number of carbonyl (C=O) groups is 3. The number of urea groups is 1. The van der Waals surface area contributed by atoms with Crippen molar-refractivity contribution in [3.05, 3.63) is 45.6 Å². The minimum atomic E-state index is -5.00. The Bertz CT molecular complexity index is 1270. The number of hydrogen-bond acceptors (Lipinski definition) is 6. The molecule has 1 aromatic heterocycles. The first-order chi connectivity index (χ1) is 16.9. The highest BCUT2D eigenvalue weighted by molar-refractivity contribution is 6.31. The van der Waals surface area contributed by atoms with Gasteiger partial charge in [0, 0.05) is 7.05 Å². The van der Waals surface area contributed by atoms with Gasteiger partial charge >= 0.3 is 18.3 Å². The summed E-state index contributed by atoms with van der Waals surface area (Å²) in [7, 11) is 1.06. The number of aromatic nitrogens is 2. The zero-order valence-corrected chi connectivity index (χ0v) is 21.0. The number of ether oxygens (including phenoxy) is 1. The molecule has 1 aliphatic heterocycles. The first-order valence-corrected chi connectivity index (χ1v) is 11.0. The molecule has 9 nitrogen and oxygen atoms in total. The van der Waals surface area contributed by atoms with Gasteiger partial charge in [0.25, 0.3) is 5.91 Å². The average molecular weight is 570 g/mol. The van der Waals surface area contributed by atoms with E-state index in [1.54, 1.807) is 0 Å². The van der Waals surface area contributed by atoms with E-state index in [1.165, 1.54) is 20.8 Å². The molecule has 0 bridgehead atoms. The predicted molar refractivity (Wildman–Crippen MR) is 121 cm³/mol. The number of benzene rings is 1. The van der Waals surface area contributed by atoms with Crippen LogP contribution >= 0.6 is 23.2 Å². The maximum absolute atomic E-state index is 14.6. The van der Waals surface area contributed by atoms with Crippen LogP contribution in [0.15, 0.2) is 18.2 Å². The summed E-state index contributed by atoms with van der Waals surface area (Å²) in [4.78, 5) is 40.8. The summed E-state index contributed by atoms with van der Waals surface area (Å²) >= 11 is 11.1. The van der Waals surface area contributed by atoms with Crippen LogP contribution < -0.4 is 9.80 Å². The summed E-state index contributed by atoms with van der Waals surface area (Å²) in [5, 5.41) is 4.77. The van der Waals surface area contributed by atoms with Crippen molar-refractivity contribution in [2.75, 3.05) is 23.4 Å². The van der Waals surface area contributed by atoms with Crippen LogP contribution in [0.2, 0.25) is 10.2 Å². The zero-order chi connectivity index (χ0) is 28.0. The molecule has 1 saturated heterocycles. The molecule has 0 aliphatic carbocycles. The van der Waals surface area contributed by atoms with Crippen LogP contribution in [-0.2, 0) is 15.7 Å². The fourth-order valence-corrected chi connectivity index (χ4v) is 3.67. The van der Waals surface area contributed by atoms with E-state index in [0.29, 0.717) is 20.8 Å². The number of hydrogen-bond donors (Lipinski definition) is 0. The second kappa shape index (κ2) is 9.89. The molecule has 1 atom stereocenters. The number of halogens is 7. The second-order valence-electron chi connectivity index (χ2n) is 8.76. The highest BCUT2D eigenvalue weighted by atomic mass is 35.5. The Balaban J connectivity index is 2.09. The van der Waals surface area contributed by atoms with Crippen molar-refractivity contribution < 1.29 is 41.1 Å². The van der Waals surface area contributed by atoms with Crippen LogP contribution in [0.4, 0.5) is 43.0 Å². The molecule has 1 fully saturated rings. The molecule has 1 aromatic carbocycles. The molecule has 0 spiro atoms. The lowest BCUT2D eigenvalue weighted by atomic mass is 10.2. The first-order valence-electron chi connectivity index (χ1n) is 10.3. The van der Waals surface area contributed by atoms with Crippen LogP contribution in [0.1, 0.15) is 26.3 Å². The molecular formula is C21H18Cl2F5N5O4. The third-order valence-electron chi connectivity index (χ3n) is 5.00. The third-order valence-corrected chi connectivity index (χ3v) is 5.62. The maximum atomic E-state index is 14.6. The van der Waals surface area contributed by atoms with Gasteiger partial charge in [0.05, 0.1) is 17.8 Å². The van der Waals surface area contributed by atoms with Gasteiger partial charge in [-0.25, -0.2) is 23.3 Å². The topological polar surface area (TPSA) is 95.9 Å². The molecule has 1 unspecified atom stereocenters. The largest absolute Gasteiger partial charge is 0.443 e. The lowest BCUT2D eigenvalue weighted by Crippen LogP contribution is -2.47. The van der Waals surface area contributed by atoms with Gasteiger partial charge in [0.1, 0.15) is 22.5 Å². The summed E-state index contributed by atoms with van der Waals surface area (Å²) in [5.41, 5.74) is -3.03. The number of rotatable bonds is 3. The Kier molecular flexibility index (Phi) is 7.57. The fraction of sp³-hybridized carbons (Fsp3) is 0.381. The molecule has 1 aliphatic rings. The summed E-state index contributed by atoms with van der Waals surface area (Å²) < 4.78 is 73.6. The smallest absolute Gasteiger partial charge is 0.419 e. The fourth-order valence-electron chi connectivity index (χ4n) is 3.31. The zero-order valence-electron chi connectivity index (χ0n) is 19.5. The Hall–Kier alpha value is -3.26. The van der Waals surface area contributed by atoms with Crippen molar-refractivity contribution in [2.45, 2.75) is 38.6 Å². The quantitative estimate of drug-likeness (QED) is 0.368. The standard InChI is InChI=1S/C21H18Cl2F5N5O4/c1-20(2,3)37-19(36)32-8-12(17(34)31(4)11-6-5-10(24)14(22)15(11)25)33(18(32)35)13-7-9(21(26,27)28)16(23)30-29-13/h5-7,12H,8H2,1-4H3. The number of amides is 4. The second-order valence-corrected chi connectivity index (χ2v) is 9.49. The minimum absolute atomic E-state index is 0.376. The molecule has 0 saturated carbocycles. The number of imide groups is 1. The van der Waals surface area contributed by atoms with Crippen LogP contribution in [0, 0.1) is 11.6 Å². The van der Waals surface area contributed by atoms with Crippen molar-refractivity contribution in [1.29, 1.82) is 0 Å². The number of anilines is 2. The summed E-state index contributed by atoms with van der Waals surface area (Å²) in [6.07, 6.45) is -6.20. The molecule has 2 heterocycles. The highest BCUT2D eigenvalue weighted by Crippen LogP contribution is 2.37. The Morgan fingerprint density at radius 1 is 1.14 bits per heavy atom. The van der Waals surface area contributed by atoms with E-state index in [0.717, 1.165) is 19.2 Å². The number of likely N-dealkylation sites (N-methyl/N-ethyl adjacent to an activating group) is 1. The van der Waals surface area contributed by atoms with Crippen LogP contribution in [0.25, 0.3) is 0 Å². The summed E-state index contributed by atoms with van der Waals surface area (Å²) in [6, 6.07) is -0.921. The van der Waals surface area contributed by atoms with Gasteiger partial charge in [-0.3, -0.25) is 9.69 Å². The monoisotopic (exact) mass is 569 g/mol. The lowest BCUT2D eigenvalue weighted by Gasteiger charge is -2.26. The SMILES string of the molecule is CN(C(=O)C1CN(C(=O)OC(C)(C)C)C(=O)N1c1cc(C(F)(F)F)c(Cl)nn1)c1ccc(F)c(Cl)c1F. The van der Waals surface area contributed by atoms with E-state index in [-0.39, 0.29) is 0 Å². The molecule has 3 rings (SSSR count). The van der Waals surface area contributed by atoms with Crippen molar-refractivity contribution in [1.82, 2.24) is 15.1 Å². The minimum Gasteiger partial charge on any atom is -0.443 e. The van der Waals surface area contributed by atoms with Crippen molar-refractivity contribution in [3.63, 3.8) is 0 Å². The van der Waals surface area contributed by atoms with E-state index in [4.69, 9.17) is 27.9 Å². The molecule has 0 radical (unpaired) electrons. The lowest BCUT2D eigenvalue weighted by molar-refractivity contribution is -0.137. The number of carbonyl (C=O) groups excluding carboxylic acids is 3. The highest BCUT2D eigenvalue weighted by Gasteiger charge is 2.49. The van der Waals surface area contributed by atoms with E-state index in [9.17, 15) is 36.3 Å². The van der Waals surface area contributed by atoms with Crippen molar-refractivity contribution >= 4 is 52.7 Å². The van der Waals surface area contributed by atoms with Gasteiger partial charge in [0.15, 0.2) is 16.8 Å². The molecule has 4 amide bonds. The number of alkyl halides is 3. The van der Waals surface area contributed by atoms with E-state index in [1.807, 2.05) is 0 Å². The maximum Gasteiger partial charge on any atom is 0.419 e. The van der Waals surface area contributed by atoms with Gasteiger partial charge in [-0.2, -0.15) is 13.2 Å². The van der Waals surface area contributed by atoms with Crippen LogP contribution in [0.3, 0.4) is 0 Å². The van der Waals surface area contributed by atoms with E-state index < -0.39 is 81.3 Å². The summed E-state index contributed by atoms with van der Waals surface area (Å²) in [6.45, 7) is 3.79. The molecular weight excluding hydrogens is 552 g/mol. The van der Waals surface area contributed by atoms with Crippen molar-refractivity contribution in [2.24, 2.45) is 0 Å². The Labute approximate surface area is 216 Å². The van der Waals surface area contributed by atoms with E-state index >= 15 is 0 Å². The molecule has 200 valence electrons.